The number of quaternary nitrogens is 2. The first-order chi connectivity index (χ1) is 46.1. The molecule has 97 heavy (non-hydrogen) atoms. The summed E-state index contributed by atoms with van der Waals surface area (Å²) < 4.78 is 67.0. The van der Waals surface area contributed by atoms with Gasteiger partial charge >= 0.3 is 24.0 Å². The van der Waals surface area contributed by atoms with Gasteiger partial charge in [-0.2, -0.15) is 0 Å². The lowest BCUT2D eigenvalue weighted by Crippen LogP contribution is -2.47. The van der Waals surface area contributed by atoms with Gasteiger partial charge in [0.2, 0.25) is 23.6 Å². The first kappa shape index (κ1) is 84.5. The Morgan fingerprint density at radius 2 is 0.876 bits per heavy atom. The fourth-order valence-corrected chi connectivity index (χ4v) is 9.57. The number of ether oxygens (including phenoxy) is 12. The number of carbonyl (C=O) groups excluding carboxylic acids is 9. The van der Waals surface area contributed by atoms with Crippen molar-refractivity contribution in [1.82, 2.24) is 26.6 Å². The Morgan fingerprint density at radius 3 is 1.41 bits per heavy atom. The molecule has 2 aromatic carbocycles. The molecule has 548 valence electrons. The highest BCUT2D eigenvalue weighted by Gasteiger charge is 2.33. The number of amides is 5. The molecule has 1 aliphatic rings. The summed E-state index contributed by atoms with van der Waals surface area (Å²) in [4.78, 5) is 114. The van der Waals surface area contributed by atoms with Gasteiger partial charge in [0, 0.05) is 51.1 Å². The van der Waals surface area contributed by atoms with E-state index in [1.54, 1.807) is 41.5 Å². The van der Waals surface area contributed by atoms with Crippen molar-refractivity contribution in [3.05, 3.63) is 59.7 Å². The molecule has 1 aliphatic carbocycles. The Balaban J connectivity index is 1.16. The summed E-state index contributed by atoms with van der Waals surface area (Å²) in [6, 6.07) is 13.3. The number of carbonyl (C=O) groups is 9. The number of ketones is 1. The largest absolute Gasteiger partial charge is 0.469 e. The van der Waals surface area contributed by atoms with E-state index >= 15 is 0 Å². The van der Waals surface area contributed by atoms with Gasteiger partial charge in [-0.3, -0.25) is 28.8 Å². The van der Waals surface area contributed by atoms with Crippen LogP contribution in [0.5, 0.6) is 0 Å². The van der Waals surface area contributed by atoms with Crippen LogP contribution in [0.4, 0.5) is 4.79 Å². The van der Waals surface area contributed by atoms with E-state index in [-0.39, 0.29) is 141 Å². The molecule has 0 heterocycles. The van der Waals surface area contributed by atoms with Crippen LogP contribution in [0, 0.1) is 0 Å². The van der Waals surface area contributed by atoms with E-state index in [0.29, 0.717) is 81.2 Å². The summed E-state index contributed by atoms with van der Waals surface area (Å²) in [5.41, 5.74) is 2.33. The molecule has 2 aromatic rings. The maximum atomic E-state index is 13.4. The van der Waals surface area contributed by atoms with Gasteiger partial charge in [0.15, 0.2) is 5.78 Å². The zero-order chi connectivity index (χ0) is 71.5. The van der Waals surface area contributed by atoms with E-state index in [4.69, 9.17) is 52.1 Å². The number of rotatable bonds is 53. The monoisotopic (exact) mass is 1380 g/mol. The molecular formula is C69H113N7O21+2. The van der Waals surface area contributed by atoms with Crippen LogP contribution >= 0.6 is 0 Å². The molecule has 0 saturated heterocycles. The number of hydrogen-bond acceptors (Lipinski definition) is 21. The molecule has 3 rings (SSSR count). The van der Waals surface area contributed by atoms with Crippen molar-refractivity contribution >= 4 is 53.4 Å². The second-order valence-electron chi connectivity index (χ2n) is 26.6. The van der Waals surface area contributed by atoms with Gasteiger partial charge in [-0.25, -0.2) is 14.4 Å². The van der Waals surface area contributed by atoms with E-state index in [2.05, 4.69) is 59.5 Å². The van der Waals surface area contributed by atoms with Crippen molar-refractivity contribution in [1.29, 1.82) is 0 Å². The van der Waals surface area contributed by atoms with E-state index in [1.165, 1.54) is 7.11 Å². The molecule has 0 aromatic heterocycles. The minimum absolute atomic E-state index is 0.00177. The lowest BCUT2D eigenvalue weighted by molar-refractivity contribution is -0.890. The van der Waals surface area contributed by atoms with Crippen molar-refractivity contribution in [3.63, 3.8) is 0 Å². The summed E-state index contributed by atoms with van der Waals surface area (Å²) in [6.07, 6.45) is -0.0429. The SMILES string of the molecule is COC(=O)CCOCCOCC[N+](C)(C)CCNC(=O)CCOCCOCC[N+](C)(C)CCCC(=O)COCCOCCNC(=O)COCCOCCNC(=O)CC[C@H](NC(=O)CC[C@H](NC(=O)OCC1c2ccccc2-c2ccccc21)C(=O)OC(C)(C)C)C(=O)OC(C)(C)C. The molecular weight excluding hydrogens is 1260 g/mol. The third-order valence-corrected chi connectivity index (χ3v) is 14.9. The Labute approximate surface area is 573 Å². The smallest absolute Gasteiger partial charge is 0.407 e. The molecule has 0 aliphatic heterocycles. The van der Waals surface area contributed by atoms with E-state index in [1.807, 2.05) is 48.5 Å². The minimum Gasteiger partial charge on any atom is -0.469 e. The minimum atomic E-state index is -1.27. The second-order valence-corrected chi connectivity index (χ2v) is 26.6. The van der Waals surface area contributed by atoms with E-state index < -0.39 is 53.1 Å². The van der Waals surface area contributed by atoms with Crippen molar-refractivity contribution in [3.8, 4) is 11.1 Å². The lowest BCUT2D eigenvalue weighted by Gasteiger charge is -2.29. The quantitative estimate of drug-likeness (QED) is 0.0274. The number of esters is 3. The predicted molar refractivity (Wildman–Crippen MR) is 359 cm³/mol. The Kier molecular flexibility index (Phi) is 40.5. The summed E-state index contributed by atoms with van der Waals surface area (Å²) in [6.45, 7) is 18.3. The number of likely N-dealkylation sites (N-methyl/N-ethyl adjacent to an activating group) is 2. The second kappa shape index (κ2) is 46.5. The molecule has 28 nitrogen and oxygen atoms in total. The van der Waals surface area contributed by atoms with Gasteiger partial charge in [-0.15, -0.1) is 0 Å². The van der Waals surface area contributed by atoms with Crippen LogP contribution in [0.25, 0.3) is 11.1 Å². The zero-order valence-corrected chi connectivity index (χ0v) is 59.4. The summed E-state index contributed by atoms with van der Waals surface area (Å²) in [5, 5.41) is 13.6. The number of fused-ring (bicyclic) bond motifs is 3. The van der Waals surface area contributed by atoms with Crippen LogP contribution in [-0.2, 0) is 95.2 Å². The average Bonchev–Trinajstić information content (AvgIpc) is 1.62. The van der Waals surface area contributed by atoms with Crippen molar-refractivity contribution < 1.29 is 109 Å². The molecule has 0 bridgehead atoms. The number of nitrogens with zero attached hydrogens (tertiary/aromatic N) is 2. The Morgan fingerprint density at radius 1 is 0.443 bits per heavy atom. The number of nitrogens with one attached hydrogen (secondary N) is 5. The molecule has 0 radical (unpaired) electrons. The number of Topliss-reactive ketones (excluding diaryl/α,β-unsaturated/α-hetero) is 1. The fourth-order valence-electron chi connectivity index (χ4n) is 9.57. The number of hydrogen-bond donors (Lipinski definition) is 5. The zero-order valence-electron chi connectivity index (χ0n) is 59.4. The van der Waals surface area contributed by atoms with Crippen molar-refractivity contribution in [2.24, 2.45) is 0 Å². The molecule has 28 heteroatoms. The lowest BCUT2D eigenvalue weighted by atomic mass is 9.98. The van der Waals surface area contributed by atoms with Gasteiger partial charge < -0.3 is 92.4 Å². The maximum absolute atomic E-state index is 13.4. The van der Waals surface area contributed by atoms with E-state index in [0.717, 1.165) is 48.4 Å². The summed E-state index contributed by atoms with van der Waals surface area (Å²) >= 11 is 0. The third kappa shape index (κ3) is 40.1. The number of benzene rings is 2. The highest BCUT2D eigenvalue weighted by molar-refractivity contribution is 5.87. The molecule has 0 fully saturated rings. The van der Waals surface area contributed by atoms with E-state index in [9.17, 15) is 43.2 Å². The molecule has 0 saturated carbocycles. The Hall–Kier alpha value is -6.73. The predicted octanol–water partition coefficient (Wildman–Crippen LogP) is 3.56. The van der Waals surface area contributed by atoms with Crippen LogP contribution in [0.2, 0.25) is 0 Å². The van der Waals surface area contributed by atoms with Crippen molar-refractivity contribution in [2.45, 2.75) is 122 Å². The molecule has 2 atom stereocenters. The number of methoxy groups -OCH3 is 1. The molecule has 5 N–H and O–H groups in total. The summed E-state index contributed by atoms with van der Waals surface area (Å²) in [7, 11) is 9.66. The molecule has 0 spiro atoms. The van der Waals surface area contributed by atoms with Crippen molar-refractivity contribution in [2.75, 3.05) is 193 Å². The first-order valence-corrected chi connectivity index (χ1v) is 33.6. The third-order valence-electron chi connectivity index (χ3n) is 14.9. The first-order valence-electron chi connectivity index (χ1n) is 33.6. The highest BCUT2D eigenvalue weighted by Crippen LogP contribution is 2.44. The van der Waals surface area contributed by atoms with Gasteiger partial charge in [-0.1, -0.05) is 48.5 Å². The average molecular weight is 1380 g/mol. The van der Waals surface area contributed by atoms with Crippen LogP contribution in [0.1, 0.15) is 110 Å². The Bertz CT molecular complexity index is 2650. The molecule has 0 unspecified atom stereocenters. The van der Waals surface area contributed by atoms with Gasteiger partial charge in [0.05, 0.1) is 154 Å². The molecule has 5 amide bonds. The number of alkyl carbamates (subject to hydrolysis) is 1. The van der Waals surface area contributed by atoms with Crippen LogP contribution in [0.3, 0.4) is 0 Å². The maximum Gasteiger partial charge on any atom is 0.407 e. The summed E-state index contributed by atoms with van der Waals surface area (Å²) in [5.74, 6) is -3.51. The van der Waals surface area contributed by atoms with Crippen LogP contribution in [-0.4, -0.2) is 279 Å². The van der Waals surface area contributed by atoms with Gasteiger partial charge in [0.1, 0.15) is 56.2 Å². The highest BCUT2D eigenvalue weighted by atomic mass is 16.6. The van der Waals surface area contributed by atoms with Gasteiger partial charge in [-0.05, 0) is 76.6 Å². The standard InChI is InChI=1S/C69H111N7O21/c1-68(2,3)96-65(83)58(73-62(80)25-23-59(66(84)97-69(4,5)6)74-67(85)95-50-57-55-20-14-12-18-53(55)54-19-13-15-21-56(54)57)22-24-60(78)71-29-37-89-46-48-94-51-63(81)72-30-38-90-45-47-93-49-52(77)17-16-31-75(7,8)33-39-91-43-41-87-35-26-61(79)70-28-32-76(9,10)34-40-92-44-42-88-36-27-64(82)86-11/h12-15,18-21,57-59H,16-17,22-51H2,1-11H3,(H3-2,70,71,72,73,74,78,79,80,81,85)/p+2/t58-,59-/m0/s1. The van der Waals surface area contributed by atoms with Crippen LogP contribution in [0.15, 0.2) is 48.5 Å². The normalized spacial score (nSPS) is 12.9. The van der Waals surface area contributed by atoms with Gasteiger partial charge in [0.25, 0.3) is 0 Å². The van der Waals surface area contributed by atoms with Crippen LogP contribution < -0.4 is 26.6 Å². The topological polar surface area (TPSA) is 325 Å². The fraction of sp³-hybridized carbons (Fsp3) is 0.696.